The second-order valence-electron chi connectivity index (χ2n) is 5.14. The average Bonchev–Trinajstić information content (AvgIpc) is 2.57. The lowest BCUT2D eigenvalue weighted by atomic mass is 10.0. The molecular weight excluding hydrogens is 321 g/mol. The van der Waals surface area contributed by atoms with Gasteiger partial charge in [-0.3, -0.25) is 0 Å². The standard InChI is InChI=1S/C17H17Cl2NO2/c18-14-7-6-13(10-15(14)19)22-17(12-4-2-1-3-5-12)16-11-20-8-9-21-16/h1-7,10,16-17,20H,8-9,11H2. The number of halogens is 2. The van der Waals surface area contributed by atoms with Crippen molar-refractivity contribution in [2.24, 2.45) is 0 Å². The third kappa shape index (κ3) is 3.73. The van der Waals surface area contributed by atoms with Crippen LogP contribution in [0.4, 0.5) is 0 Å². The maximum Gasteiger partial charge on any atom is 0.151 e. The van der Waals surface area contributed by atoms with Crippen LogP contribution in [0.25, 0.3) is 0 Å². The fraction of sp³-hybridized carbons (Fsp3) is 0.294. The first-order chi connectivity index (χ1) is 10.7. The number of hydrogen-bond donors (Lipinski definition) is 1. The van der Waals surface area contributed by atoms with Crippen LogP contribution in [0.2, 0.25) is 10.0 Å². The molecule has 1 heterocycles. The van der Waals surface area contributed by atoms with Crippen molar-refractivity contribution in [3.8, 4) is 5.75 Å². The van der Waals surface area contributed by atoms with Gasteiger partial charge in [0.05, 0.1) is 16.7 Å². The van der Waals surface area contributed by atoms with Crippen molar-refractivity contribution in [2.75, 3.05) is 19.7 Å². The summed E-state index contributed by atoms with van der Waals surface area (Å²) in [5.41, 5.74) is 1.07. The molecule has 3 rings (SSSR count). The molecule has 1 N–H and O–H groups in total. The summed E-state index contributed by atoms with van der Waals surface area (Å²) in [6.07, 6.45) is -0.253. The zero-order valence-corrected chi connectivity index (χ0v) is 13.5. The van der Waals surface area contributed by atoms with E-state index in [1.807, 2.05) is 36.4 Å². The summed E-state index contributed by atoms with van der Waals surface area (Å²) in [5.74, 6) is 0.678. The largest absolute Gasteiger partial charge is 0.483 e. The van der Waals surface area contributed by atoms with Crippen LogP contribution in [0, 0.1) is 0 Å². The Morgan fingerprint density at radius 1 is 1.09 bits per heavy atom. The fourth-order valence-corrected chi connectivity index (χ4v) is 2.77. The van der Waals surface area contributed by atoms with Gasteiger partial charge in [0.25, 0.3) is 0 Å². The van der Waals surface area contributed by atoms with E-state index in [4.69, 9.17) is 32.7 Å². The molecule has 0 radical (unpaired) electrons. The molecule has 0 saturated carbocycles. The van der Waals surface area contributed by atoms with Crippen LogP contribution < -0.4 is 10.1 Å². The summed E-state index contributed by atoms with van der Waals surface area (Å²) in [6, 6.07) is 15.4. The minimum Gasteiger partial charge on any atom is -0.483 e. The molecule has 5 heteroatoms. The van der Waals surface area contributed by atoms with Crippen molar-refractivity contribution >= 4 is 23.2 Å². The van der Waals surface area contributed by atoms with Crippen LogP contribution in [0.15, 0.2) is 48.5 Å². The van der Waals surface area contributed by atoms with Crippen molar-refractivity contribution in [3.63, 3.8) is 0 Å². The highest BCUT2D eigenvalue weighted by Gasteiger charge is 2.27. The van der Waals surface area contributed by atoms with E-state index in [1.54, 1.807) is 12.1 Å². The van der Waals surface area contributed by atoms with Gasteiger partial charge in [-0.2, -0.15) is 0 Å². The number of nitrogens with one attached hydrogen (secondary N) is 1. The van der Waals surface area contributed by atoms with Crippen LogP contribution in [0.5, 0.6) is 5.75 Å². The van der Waals surface area contributed by atoms with Crippen molar-refractivity contribution in [1.29, 1.82) is 0 Å². The Hall–Kier alpha value is -1.26. The van der Waals surface area contributed by atoms with Crippen LogP contribution in [-0.2, 0) is 4.74 Å². The van der Waals surface area contributed by atoms with Gasteiger partial charge in [-0.15, -0.1) is 0 Å². The van der Waals surface area contributed by atoms with Gasteiger partial charge in [0.15, 0.2) is 6.10 Å². The summed E-state index contributed by atoms with van der Waals surface area (Å²) in [6.45, 7) is 2.30. The minimum atomic E-state index is -0.203. The molecule has 3 nitrogen and oxygen atoms in total. The van der Waals surface area contributed by atoms with Gasteiger partial charge >= 0.3 is 0 Å². The maximum atomic E-state index is 6.17. The van der Waals surface area contributed by atoms with Crippen LogP contribution in [0.3, 0.4) is 0 Å². The first kappa shape index (κ1) is 15.6. The van der Waals surface area contributed by atoms with Crippen LogP contribution in [-0.4, -0.2) is 25.8 Å². The average molecular weight is 338 g/mol. The van der Waals surface area contributed by atoms with Gasteiger partial charge in [0.1, 0.15) is 11.9 Å². The smallest absolute Gasteiger partial charge is 0.151 e. The van der Waals surface area contributed by atoms with Gasteiger partial charge in [-0.05, 0) is 17.7 Å². The second-order valence-corrected chi connectivity index (χ2v) is 5.95. The molecule has 1 saturated heterocycles. The molecule has 2 atom stereocenters. The minimum absolute atomic E-state index is 0.0504. The number of benzene rings is 2. The Bertz CT molecular complexity index is 615. The first-order valence-electron chi connectivity index (χ1n) is 7.23. The second kappa shape index (κ2) is 7.34. The predicted octanol–water partition coefficient (Wildman–Crippen LogP) is 4.10. The molecule has 0 amide bonds. The number of morpholine rings is 1. The Balaban J connectivity index is 1.86. The molecule has 2 aromatic carbocycles. The molecule has 116 valence electrons. The third-order valence-corrected chi connectivity index (χ3v) is 4.32. The van der Waals surface area contributed by atoms with E-state index >= 15 is 0 Å². The van der Waals surface area contributed by atoms with Crippen LogP contribution in [0.1, 0.15) is 11.7 Å². The molecule has 1 fully saturated rings. The van der Waals surface area contributed by atoms with E-state index < -0.39 is 0 Å². The van der Waals surface area contributed by atoms with E-state index in [0.717, 1.165) is 18.7 Å². The molecular formula is C17H17Cl2NO2. The summed E-state index contributed by atoms with van der Waals surface area (Å²) in [5, 5.41) is 4.33. The lowest BCUT2D eigenvalue weighted by Gasteiger charge is -2.31. The maximum absolute atomic E-state index is 6.17. The summed E-state index contributed by atoms with van der Waals surface area (Å²) >= 11 is 12.0. The Kier molecular flexibility index (Phi) is 5.21. The number of ether oxygens (including phenoxy) is 2. The van der Waals surface area contributed by atoms with Crippen molar-refractivity contribution in [2.45, 2.75) is 12.2 Å². The van der Waals surface area contributed by atoms with Crippen molar-refractivity contribution in [1.82, 2.24) is 5.32 Å². The molecule has 0 bridgehead atoms. The predicted molar refractivity (Wildman–Crippen MR) is 88.9 cm³/mol. The van der Waals surface area contributed by atoms with Crippen LogP contribution >= 0.6 is 23.2 Å². The zero-order chi connectivity index (χ0) is 15.4. The molecule has 0 aromatic heterocycles. The Labute approximate surface area is 140 Å². The fourth-order valence-electron chi connectivity index (χ4n) is 2.48. The van der Waals surface area contributed by atoms with E-state index in [0.29, 0.717) is 22.4 Å². The number of rotatable bonds is 4. The molecule has 2 unspecified atom stereocenters. The summed E-state index contributed by atoms with van der Waals surface area (Å²) in [7, 11) is 0. The van der Waals surface area contributed by atoms with Gasteiger partial charge in [0, 0.05) is 19.2 Å². The van der Waals surface area contributed by atoms with E-state index in [2.05, 4.69) is 5.32 Å². The molecule has 0 spiro atoms. The zero-order valence-electron chi connectivity index (χ0n) is 12.0. The lowest BCUT2D eigenvalue weighted by Crippen LogP contribution is -2.43. The lowest BCUT2D eigenvalue weighted by molar-refractivity contribution is -0.0432. The quantitative estimate of drug-likeness (QED) is 0.910. The molecule has 1 aliphatic rings. The summed E-state index contributed by atoms with van der Waals surface area (Å²) < 4.78 is 12.0. The van der Waals surface area contributed by atoms with Crippen molar-refractivity contribution < 1.29 is 9.47 Å². The highest BCUT2D eigenvalue weighted by atomic mass is 35.5. The SMILES string of the molecule is Clc1ccc(OC(c2ccccc2)C2CNCCO2)cc1Cl. The topological polar surface area (TPSA) is 30.5 Å². The third-order valence-electron chi connectivity index (χ3n) is 3.58. The molecule has 0 aliphatic carbocycles. The van der Waals surface area contributed by atoms with Gasteiger partial charge in [0.2, 0.25) is 0 Å². The van der Waals surface area contributed by atoms with E-state index in [-0.39, 0.29) is 12.2 Å². The highest BCUT2D eigenvalue weighted by molar-refractivity contribution is 6.42. The molecule has 1 aliphatic heterocycles. The first-order valence-corrected chi connectivity index (χ1v) is 7.98. The monoisotopic (exact) mass is 337 g/mol. The normalized spacial score (nSPS) is 19.6. The molecule has 2 aromatic rings. The summed E-state index contributed by atoms with van der Waals surface area (Å²) in [4.78, 5) is 0. The Morgan fingerprint density at radius 3 is 2.59 bits per heavy atom. The number of hydrogen-bond acceptors (Lipinski definition) is 3. The molecule has 22 heavy (non-hydrogen) atoms. The van der Waals surface area contributed by atoms with Gasteiger partial charge in [-0.1, -0.05) is 53.5 Å². The van der Waals surface area contributed by atoms with Gasteiger partial charge in [-0.25, -0.2) is 0 Å². The van der Waals surface area contributed by atoms with E-state index in [9.17, 15) is 0 Å². The van der Waals surface area contributed by atoms with Crippen molar-refractivity contribution in [3.05, 3.63) is 64.1 Å². The van der Waals surface area contributed by atoms with E-state index in [1.165, 1.54) is 0 Å². The highest BCUT2D eigenvalue weighted by Crippen LogP contribution is 2.31. The Morgan fingerprint density at radius 2 is 1.91 bits per heavy atom. The van der Waals surface area contributed by atoms with Gasteiger partial charge < -0.3 is 14.8 Å².